The van der Waals surface area contributed by atoms with E-state index in [-0.39, 0.29) is 23.2 Å². The predicted molar refractivity (Wildman–Crippen MR) is 118 cm³/mol. The number of hydrogen-bond acceptors (Lipinski definition) is 5. The first-order chi connectivity index (χ1) is 14.3. The van der Waals surface area contributed by atoms with Crippen molar-refractivity contribution >= 4 is 38.3 Å². The van der Waals surface area contributed by atoms with Crippen molar-refractivity contribution in [2.24, 2.45) is 4.99 Å². The van der Waals surface area contributed by atoms with E-state index in [1.807, 2.05) is 24.3 Å². The monoisotopic (exact) mass is 447 g/mol. The Labute approximate surface area is 180 Å². The van der Waals surface area contributed by atoms with Gasteiger partial charge >= 0.3 is 0 Å². The lowest BCUT2D eigenvalue weighted by Gasteiger charge is -2.08. The fourth-order valence-electron chi connectivity index (χ4n) is 3.14. The van der Waals surface area contributed by atoms with Crippen LogP contribution in [0.3, 0.4) is 0 Å². The van der Waals surface area contributed by atoms with Crippen LogP contribution in [0.4, 0.5) is 0 Å². The number of carbonyl (C=O) groups is 1. The van der Waals surface area contributed by atoms with E-state index in [1.54, 1.807) is 38.3 Å². The van der Waals surface area contributed by atoms with E-state index in [4.69, 9.17) is 16.3 Å². The number of aliphatic imine (C=N–C) groups is 1. The summed E-state index contributed by atoms with van der Waals surface area (Å²) in [4.78, 5) is 16.4. The van der Waals surface area contributed by atoms with E-state index in [0.717, 1.165) is 11.3 Å². The second-order valence-corrected chi connectivity index (χ2v) is 8.70. The highest BCUT2D eigenvalue weighted by molar-refractivity contribution is 8.00. The lowest BCUT2D eigenvalue weighted by Crippen LogP contribution is -2.30. The average Bonchev–Trinajstić information content (AvgIpc) is 2.95. The fourth-order valence-corrected chi connectivity index (χ4v) is 4.79. The molecule has 0 radical (unpaired) electrons. The number of ether oxygens (including phenoxy) is 1. The molecular formula is C21H22ClN3O4S. The molecule has 0 spiro atoms. The number of methoxy groups -OCH3 is 1. The highest BCUT2D eigenvalue weighted by atomic mass is 35.5. The Bertz CT molecular complexity index is 1110. The van der Waals surface area contributed by atoms with Gasteiger partial charge < -0.3 is 10.1 Å². The molecule has 2 N–H and O–H groups in total. The van der Waals surface area contributed by atoms with Gasteiger partial charge in [-0.1, -0.05) is 41.9 Å². The number of nitrogens with zero attached hydrogens (tertiary/aromatic N) is 1. The van der Waals surface area contributed by atoms with E-state index in [1.165, 1.54) is 0 Å². The van der Waals surface area contributed by atoms with Crippen LogP contribution in [-0.2, 0) is 21.2 Å². The molecule has 3 rings (SSSR count). The van der Waals surface area contributed by atoms with Crippen LogP contribution in [0.25, 0.3) is 4.91 Å². The summed E-state index contributed by atoms with van der Waals surface area (Å²) in [5.74, 6) is 0.631. The SMILES string of the molecule is COc1ccccc1CCNC(=O)CN=C1NS(=O)(=O)C(c2ccc(Cl)cc2)=C1C. The smallest absolute Gasteiger partial charge is 0.264 e. The molecule has 0 saturated heterocycles. The van der Waals surface area contributed by atoms with Crippen LogP contribution in [-0.4, -0.2) is 40.4 Å². The van der Waals surface area contributed by atoms with Gasteiger partial charge in [0.1, 0.15) is 23.0 Å². The van der Waals surface area contributed by atoms with Gasteiger partial charge in [0.15, 0.2) is 0 Å². The van der Waals surface area contributed by atoms with Crippen molar-refractivity contribution in [2.45, 2.75) is 13.3 Å². The first-order valence-electron chi connectivity index (χ1n) is 9.25. The van der Waals surface area contributed by atoms with Crippen LogP contribution in [0.5, 0.6) is 5.75 Å². The average molecular weight is 448 g/mol. The molecule has 1 aliphatic rings. The minimum atomic E-state index is -3.75. The van der Waals surface area contributed by atoms with Crippen molar-refractivity contribution in [1.82, 2.24) is 10.0 Å². The van der Waals surface area contributed by atoms with Crippen molar-refractivity contribution in [3.63, 3.8) is 0 Å². The topological polar surface area (TPSA) is 96.9 Å². The molecule has 7 nitrogen and oxygen atoms in total. The molecule has 0 fully saturated rings. The normalized spacial score (nSPS) is 16.4. The number of nitrogens with one attached hydrogen (secondary N) is 2. The first kappa shape index (κ1) is 21.9. The summed E-state index contributed by atoms with van der Waals surface area (Å²) in [6.07, 6.45) is 0.610. The number of halogens is 1. The summed E-state index contributed by atoms with van der Waals surface area (Å²) < 4.78 is 32.7. The fraction of sp³-hybridized carbons (Fsp3) is 0.238. The molecule has 0 atom stereocenters. The Hall–Kier alpha value is -2.84. The maximum atomic E-state index is 12.5. The van der Waals surface area contributed by atoms with Crippen LogP contribution >= 0.6 is 11.6 Å². The summed E-state index contributed by atoms with van der Waals surface area (Å²) in [5, 5.41) is 3.29. The number of para-hydroxylation sites is 1. The zero-order valence-electron chi connectivity index (χ0n) is 16.6. The van der Waals surface area contributed by atoms with Crippen molar-refractivity contribution in [2.75, 3.05) is 20.2 Å². The van der Waals surface area contributed by atoms with Crippen LogP contribution in [0.15, 0.2) is 59.1 Å². The number of carbonyl (C=O) groups excluding carboxylic acids is 1. The Morgan fingerprint density at radius 2 is 1.87 bits per heavy atom. The summed E-state index contributed by atoms with van der Waals surface area (Å²) in [6, 6.07) is 14.1. The molecule has 2 aromatic rings. The molecule has 1 aliphatic heterocycles. The Kier molecular flexibility index (Phi) is 6.79. The van der Waals surface area contributed by atoms with Crippen LogP contribution in [0.2, 0.25) is 5.02 Å². The minimum Gasteiger partial charge on any atom is -0.496 e. The Morgan fingerprint density at radius 3 is 2.57 bits per heavy atom. The van der Waals surface area contributed by atoms with Gasteiger partial charge in [0, 0.05) is 17.1 Å². The van der Waals surface area contributed by atoms with Crippen molar-refractivity contribution in [3.05, 3.63) is 70.3 Å². The second kappa shape index (κ2) is 9.32. The van der Waals surface area contributed by atoms with Crippen LogP contribution in [0.1, 0.15) is 18.1 Å². The van der Waals surface area contributed by atoms with Crippen molar-refractivity contribution in [1.29, 1.82) is 0 Å². The van der Waals surface area contributed by atoms with Gasteiger partial charge in [-0.25, -0.2) is 8.42 Å². The minimum absolute atomic E-state index is 0.134. The number of amidine groups is 1. The number of sulfonamides is 1. The molecule has 0 unspecified atom stereocenters. The van der Waals surface area contributed by atoms with E-state index < -0.39 is 10.0 Å². The van der Waals surface area contributed by atoms with Gasteiger partial charge in [-0.2, -0.15) is 0 Å². The third kappa shape index (κ3) is 5.01. The molecule has 30 heavy (non-hydrogen) atoms. The highest BCUT2D eigenvalue weighted by Crippen LogP contribution is 2.30. The largest absolute Gasteiger partial charge is 0.496 e. The molecule has 0 aliphatic carbocycles. The maximum Gasteiger partial charge on any atom is 0.264 e. The standard InChI is InChI=1S/C21H22ClN3O4S/c1-14-20(16-7-9-17(22)10-8-16)30(27,28)25-21(14)24-13-19(26)23-12-11-15-5-3-4-6-18(15)29-2/h3-10H,11-13H2,1-2H3,(H,23,26)(H,24,25). The lowest BCUT2D eigenvalue weighted by molar-refractivity contribution is -0.119. The molecule has 9 heteroatoms. The van der Waals surface area contributed by atoms with Gasteiger partial charge in [0.25, 0.3) is 10.0 Å². The third-order valence-electron chi connectivity index (χ3n) is 4.59. The summed E-state index contributed by atoms with van der Waals surface area (Å²) in [7, 11) is -2.15. The van der Waals surface area contributed by atoms with E-state index in [0.29, 0.717) is 29.1 Å². The molecule has 2 aromatic carbocycles. The molecule has 1 amide bonds. The Morgan fingerprint density at radius 1 is 1.17 bits per heavy atom. The zero-order valence-corrected chi connectivity index (χ0v) is 18.2. The number of rotatable bonds is 7. The van der Waals surface area contributed by atoms with Crippen LogP contribution < -0.4 is 14.8 Å². The summed E-state index contributed by atoms with van der Waals surface area (Å²) >= 11 is 5.88. The van der Waals surface area contributed by atoms with Gasteiger partial charge in [-0.3, -0.25) is 14.5 Å². The van der Waals surface area contributed by atoms with E-state index >= 15 is 0 Å². The van der Waals surface area contributed by atoms with Gasteiger partial charge in [0.05, 0.1) is 7.11 Å². The lowest BCUT2D eigenvalue weighted by atomic mass is 10.1. The summed E-state index contributed by atoms with van der Waals surface area (Å²) in [5.41, 5.74) is 1.96. The zero-order chi connectivity index (χ0) is 21.7. The molecule has 0 bridgehead atoms. The van der Waals surface area contributed by atoms with Crippen molar-refractivity contribution in [3.8, 4) is 5.75 Å². The Balaban J connectivity index is 1.64. The number of benzene rings is 2. The van der Waals surface area contributed by atoms with Crippen molar-refractivity contribution < 1.29 is 17.9 Å². The van der Waals surface area contributed by atoms with Gasteiger partial charge in [-0.05, 0) is 42.7 Å². The first-order valence-corrected chi connectivity index (χ1v) is 11.1. The molecular weight excluding hydrogens is 426 g/mol. The molecule has 1 heterocycles. The van der Waals surface area contributed by atoms with Crippen LogP contribution in [0, 0.1) is 0 Å². The van der Waals surface area contributed by atoms with Gasteiger partial charge in [0.2, 0.25) is 5.91 Å². The van der Waals surface area contributed by atoms with E-state index in [2.05, 4.69) is 15.0 Å². The maximum absolute atomic E-state index is 12.5. The third-order valence-corrected chi connectivity index (χ3v) is 6.39. The quantitative estimate of drug-likeness (QED) is 0.682. The highest BCUT2D eigenvalue weighted by Gasteiger charge is 2.32. The van der Waals surface area contributed by atoms with Gasteiger partial charge in [-0.15, -0.1) is 0 Å². The summed E-state index contributed by atoms with van der Waals surface area (Å²) in [6.45, 7) is 1.88. The second-order valence-electron chi connectivity index (χ2n) is 6.64. The molecule has 0 aromatic heterocycles. The number of amides is 1. The van der Waals surface area contributed by atoms with E-state index in [9.17, 15) is 13.2 Å². The number of hydrogen-bond donors (Lipinski definition) is 2. The molecule has 0 saturated carbocycles. The predicted octanol–water partition coefficient (Wildman–Crippen LogP) is 2.77. The molecule has 158 valence electrons.